The summed E-state index contributed by atoms with van der Waals surface area (Å²) in [6.45, 7) is 19.6. The first kappa shape index (κ1) is 27.4. The van der Waals surface area contributed by atoms with Crippen molar-refractivity contribution >= 4 is 12.1 Å². The molecule has 0 radical (unpaired) electrons. The highest BCUT2D eigenvalue weighted by Crippen LogP contribution is 2.24. The van der Waals surface area contributed by atoms with Gasteiger partial charge in [-0.25, -0.2) is 0 Å². The summed E-state index contributed by atoms with van der Waals surface area (Å²) in [5.41, 5.74) is 5.15. The summed E-state index contributed by atoms with van der Waals surface area (Å²) < 4.78 is 0. The van der Waals surface area contributed by atoms with Gasteiger partial charge in [-0.3, -0.25) is 9.79 Å². The Kier molecular flexibility index (Phi) is 22.4. The predicted molar refractivity (Wildman–Crippen MR) is 109 cm³/mol. The maximum Gasteiger partial charge on any atom is 0.255 e. The lowest BCUT2D eigenvalue weighted by atomic mass is 9.86. The number of carbonyl (C=O) groups excluding carboxylic acids is 1. The van der Waals surface area contributed by atoms with Gasteiger partial charge in [0, 0.05) is 25.5 Å². The maximum absolute atomic E-state index is 12.2. The van der Waals surface area contributed by atoms with E-state index in [1.807, 2.05) is 45.6 Å². The molecule has 0 aromatic heterocycles. The molecule has 0 unspecified atom stereocenters. The number of nitrogens with two attached hydrogens (primary N) is 1. The summed E-state index contributed by atoms with van der Waals surface area (Å²) in [7, 11) is 1.50. The summed E-state index contributed by atoms with van der Waals surface area (Å²) in [6, 6.07) is 0. The van der Waals surface area contributed by atoms with E-state index in [2.05, 4.69) is 31.2 Å². The second-order valence-electron chi connectivity index (χ2n) is 5.08. The summed E-state index contributed by atoms with van der Waals surface area (Å²) >= 11 is 0. The molecule has 4 nitrogen and oxygen atoms in total. The van der Waals surface area contributed by atoms with Crippen LogP contribution in [0.3, 0.4) is 0 Å². The molecule has 142 valence electrons. The zero-order valence-corrected chi connectivity index (χ0v) is 17.3. The SMILES string of the molecule is C=CN=C/C(=C\C)C(=O)N1CCC(C(C)C)CC1.CC.CC.CN. The molecule has 0 aromatic rings. The Bertz CT molecular complexity index is 352. The molecule has 4 heteroatoms. The summed E-state index contributed by atoms with van der Waals surface area (Å²) in [4.78, 5) is 18.1. The molecule has 0 aliphatic carbocycles. The molecule has 1 fully saturated rings. The molecule has 24 heavy (non-hydrogen) atoms. The minimum atomic E-state index is 0.0882. The molecule has 0 bridgehead atoms. The number of hydrogen-bond acceptors (Lipinski definition) is 3. The van der Waals surface area contributed by atoms with Gasteiger partial charge in [0.05, 0.1) is 5.57 Å². The molecule has 0 saturated carbocycles. The third-order valence-corrected chi connectivity index (χ3v) is 3.65. The minimum Gasteiger partial charge on any atom is -0.339 e. The lowest BCUT2D eigenvalue weighted by Crippen LogP contribution is -2.40. The number of nitrogens with zero attached hydrogens (tertiary/aromatic N) is 2. The van der Waals surface area contributed by atoms with Crippen LogP contribution in [0.15, 0.2) is 29.4 Å². The Morgan fingerprint density at radius 3 is 1.96 bits per heavy atom. The molecule has 0 atom stereocenters. The normalized spacial score (nSPS) is 14.8. The van der Waals surface area contributed by atoms with Gasteiger partial charge in [0.15, 0.2) is 0 Å². The molecule has 0 aromatic carbocycles. The molecule has 1 amide bonds. The highest BCUT2D eigenvalue weighted by atomic mass is 16.2. The van der Waals surface area contributed by atoms with Gasteiger partial charge < -0.3 is 10.6 Å². The number of rotatable bonds is 4. The lowest BCUT2D eigenvalue weighted by Gasteiger charge is -2.34. The largest absolute Gasteiger partial charge is 0.339 e. The van der Waals surface area contributed by atoms with Crippen molar-refractivity contribution in [3.05, 3.63) is 24.4 Å². The number of amides is 1. The highest BCUT2D eigenvalue weighted by molar-refractivity contribution is 6.12. The van der Waals surface area contributed by atoms with Crippen molar-refractivity contribution in [3.8, 4) is 0 Å². The van der Waals surface area contributed by atoms with E-state index in [9.17, 15) is 4.79 Å². The standard InChI is InChI=1S/C15H24N2O.2C2H6.CH5N/c1-5-13(11-16-6-2)15(18)17-9-7-14(8-10-17)12(3)4;3*1-2/h5-6,11-12,14H,2,7-10H2,1,3-4H3;2*1-2H3;2H2,1H3/b13-5+,16-11?;;;. The lowest BCUT2D eigenvalue weighted by molar-refractivity contribution is -0.128. The van der Waals surface area contributed by atoms with E-state index in [1.165, 1.54) is 13.2 Å². The van der Waals surface area contributed by atoms with Crippen molar-refractivity contribution in [2.75, 3.05) is 20.1 Å². The molecule has 0 spiro atoms. The molecule has 1 aliphatic heterocycles. The Morgan fingerprint density at radius 1 is 1.17 bits per heavy atom. The van der Waals surface area contributed by atoms with Crippen LogP contribution in [-0.4, -0.2) is 37.2 Å². The molecule has 1 rings (SSSR count). The van der Waals surface area contributed by atoms with E-state index in [-0.39, 0.29) is 5.91 Å². The quantitative estimate of drug-likeness (QED) is 0.597. The van der Waals surface area contributed by atoms with Gasteiger partial charge in [-0.15, -0.1) is 0 Å². The number of allylic oxidation sites excluding steroid dienone is 1. The van der Waals surface area contributed by atoms with Crippen molar-refractivity contribution in [1.29, 1.82) is 0 Å². The first-order chi connectivity index (χ1) is 11.6. The zero-order chi connectivity index (χ0) is 19.5. The van der Waals surface area contributed by atoms with Crippen molar-refractivity contribution in [2.45, 2.75) is 61.3 Å². The van der Waals surface area contributed by atoms with E-state index < -0.39 is 0 Å². The number of aliphatic imine (C=N–C) groups is 1. The van der Waals surface area contributed by atoms with Crippen LogP contribution in [0.4, 0.5) is 0 Å². The molecule has 1 saturated heterocycles. The number of likely N-dealkylation sites (tertiary alicyclic amines) is 1. The van der Waals surface area contributed by atoms with Gasteiger partial charge >= 0.3 is 0 Å². The Hall–Kier alpha value is -1.42. The van der Waals surface area contributed by atoms with Crippen molar-refractivity contribution in [2.24, 2.45) is 22.6 Å². The second-order valence-corrected chi connectivity index (χ2v) is 5.08. The smallest absolute Gasteiger partial charge is 0.255 e. The van der Waals surface area contributed by atoms with Crippen LogP contribution in [0.5, 0.6) is 0 Å². The first-order valence-electron chi connectivity index (χ1n) is 9.27. The molecule has 2 N–H and O–H groups in total. The predicted octanol–water partition coefficient (Wildman–Crippen LogP) is 4.67. The van der Waals surface area contributed by atoms with E-state index >= 15 is 0 Å². The van der Waals surface area contributed by atoms with Crippen LogP contribution in [0, 0.1) is 11.8 Å². The number of carbonyl (C=O) groups is 1. The molecule has 1 heterocycles. The number of hydrogen-bond donors (Lipinski definition) is 1. The maximum atomic E-state index is 12.2. The third-order valence-electron chi connectivity index (χ3n) is 3.65. The van der Waals surface area contributed by atoms with Crippen LogP contribution in [0.2, 0.25) is 0 Å². The average Bonchev–Trinajstić information content (AvgIpc) is 2.67. The minimum absolute atomic E-state index is 0.0882. The highest BCUT2D eigenvalue weighted by Gasteiger charge is 2.25. The Labute approximate surface area is 150 Å². The zero-order valence-electron chi connectivity index (χ0n) is 17.3. The molecular weight excluding hydrogens is 298 g/mol. The van der Waals surface area contributed by atoms with Gasteiger partial charge in [0.1, 0.15) is 0 Å². The summed E-state index contributed by atoms with van der Waals surface area (Å²) in [6.07, 6.45) is 7.06. The van der Waals surface area contributed by atoms with E-state index in [1.54, 1.807) is 6.21 Å². The Balaban J connectivity index is -0.000000659. The van der Waals surface area contributed by atoms with Gasteiger partial charge in [-0.1, -0.05) is 54.2 Å². The van der Waals surface area contributed by atoms with Crippen molar-refractivity contribution in [3.63, 3.8) is 0 Å². The van der Waals surface area contributed by atoms with Crippen molar-refractivity contribution < 1.29 is 4.79 Å². The van der Waals surface area contributed by atoms with Gasteiger partial charge in [0.2, 0.25) is 0 Å². The van der Waals surface area contributed by atoms with Gasteiger partial charge in [-0.2, -0.15) is 0 Å². The topological polar surface area (TPSA) is 58.7 Å². The average molecular weight is 340 g/mol. The fourth-order valence-electron chi connectivity index (χ4n) is 2.34. The van der Waals surface area contributed by atoms with E-state index in [0.717, 1.165) is 31.8 Å². The monoisotopic (exact) mass is 339 g/mol. The van der Waals surface area contributed by atoms with Crippen LogP contribution in [0.25, 0.3) is 0 Å². The summed E-state index contributed by atoms with van der Waals surface area (Å²) in [5, 5.41) is 0. The van der Waals surface area contributed by atoms with Crippen molar-refractivity contribution in [1.82, 2.24) is 4.90 Å². The summed E-state index contributed by atoms with van der Waals surface area (Å²) in [5.74, 6) is 1.56. The third kappa shape index (κ3) is 11.2. The van der Waals surface area contributed by atoms with E-state index in [4.69, 9.17) is 0 Å². The van der Waals surface area contributed by atoms with Crippen LogP contribution < -0.4 is 5.73 Å². The van der Waals surface area contributed by atoms with Crippen LogP contribution >= 0.6 is 0 Å². The Morgan fingerprint density at radius 2 is 1.62 bits per heavy atom. The first-order valence-corrected chi connectivity index (χ1v) is 9.27. The fourth-order valence-corrected chi connectivity index (χ4v) is 2.34. The van der Waals surface area contributed by atoms with Crippen LogP contribution in [0.1, 0.15) is 61.3 Å². The molecular formula is C20H41N3O. The number of piperidine rings is 1. The van der Waals surface area contributed by atoms with E-state index in [0.29, 0.717) is 11.5 Å². The van der Waals surface area contributed by atoms with Gasteiger partial charge in [-0.05, 0) is 38.6 Å². The van der Waals surface area contributed by atoms with Crippen LogP contribution in [-0.2, 0) is 4.79 Å². The second kappa shape index (κ2) is 19.6. The van der Waals surface area contributed by atoms with Gasteiger partial charge in [0.25, 0.3) is 5.91 Å². The molecule has 1 aliphatic rings. The fraction of sp³-hybridized carbons (Fsp3) is 0.700.